The molecule has 0 spiro atoms. The molecule has 12 heteroatoms. The van der Waals surface area contributed by atoms with Crippen LogP contribution in [0.3, 0.4) is 0 Å². The third-order valence-corrected chi connectivity index (χ3v) is 8.49. The van der Waals surface area contributed by atoms with Crippen LogP contribution < -0.4 is 15.5 Å². The van der Waals surface area contributed by atoms with Gasteiger partial charge < -0.3 is 30.1 Å². The van der Waals surface area contributed by atoms with E-state index in [0.29, 0.717) is 55.0 Å². The monoisotopic (exact) mass is 604 g/mol. The molecule has 2 amide bonds. The highest BCUT2D eigenvalue weighted by Crippen LogP contribution is 2.31. The standard InChI is InChI=1S/C31H37ClN8O3/c1-38-11-13-39(14-12-38)27-4-2-3-23(35-27)7-10-33-28(41)20-40-19-22-6-5-21(17-25(22)30(40)42)29-26(32)18-34-31(37-29)36-24-8-15-43-16-9-24/h2-6,17-18,24H,7-16,19-20H2,1H3,(H,33,41)(H,34,36,37). The quantitative estimate of drug-likeness (QED) is 0.380. The minimum Gasteiger partial charge on any atom is -0.381 e. The molecule has 6 rings (SSSR count). The number of benzene rings is 1. The Morgan fingerprint density at radius 1 is 1.09 bits per heavy atom. The maximum Gasteiger partial charge on any atom is 0.254 e. The molecule has 3 aliphatic rings. The number of piperazine rings is 1. The summed E-state index contributed by atoms with van der Waals surface area (Å²) in [6, 6.07) is 11.9. The zero-order valence-corrected chi connectivity index (χ0v) is 25.1. The smallest absolute Gasteiger partial charge is 0.254 e. The largest absolute Gasteiger partial charge is 0.381 e. The Morgan fingerprint density at radius 2 is 1.91 bits per heavy atom. The van der Waals surface area contributed by atoms with E-state index in [0.717, 1.165) is 61.7 Å². The fraction of sp³-hybridized carbons (Fsp3) is 0.452. The fourth-order valence-electron chi connectivity index (χ4n) is 5.68. The summed E-state index contributed by atoms with van der Waals surface area (Å²) in [6.45, 7) is 6.20. The van der Waals surface area contributed by atoms with E-state index < -0.39 is 0 Å². The molecule has 3 aromatic rings. The van der Waals surface area contributed by atoms with Gasteiger partial charge >= 0.3 is 0 Å². The van der Waals surface area contributed by atoms with Crippen molar-refractivity contribution in [2.75, 3.05) is 69.7 Å². The Labute approximate surface area is 256 Å². The number of nitrogens with one attached hydrogen (secondary N) is 2. The van der Waals surface area contributed by atoms with E-state index in [1.54, 1.807) is 17.2 Å². The highest BCUT2D eigenvalue weighted by atomic mass is 35.5. The summed E-state index contributed by atoms with van der Waals surface area (Å²) in [5.41, 5.74) is 3.65. The van der Waals surface area contributed by atoms with Gasteiger partial charge in [-0.1, -0.05) is 29.8 Å². The summed E-state index contributed by atoms with van der Waals surface area (Å²) in [7, 11) is 2.13. The number of halogens is 1. The van der Waals surface area contributed by atoms with E-state index in [4.69, 9.17) is 21.3 Å². The summed E-state index contributed by atoms with van der Waals surface area (Å²) >= 11 is 6.47. The van der Waals surface area contributed by atoms with Crippen LogP contribution in [-0.4, -0.2) is 102 Å². The van der Waals surface area contributed by atoms with Gasteiger partial charge in [0.15, 0.2) is 0 Å². The third kappa shape index (κ3) is 7.06. The first kappa shape index (κ1) is 29.3. The molecule has 0 aliphatic carbocycles. The number of rotatable bonds is 9. The van der Waals surface area contributed by atoms with Gasteiger partial charge in [0.1, 0.15) is 12.4 Å². The summed E-state index contributed by atoms with van der Waals surface area (Å²) in [5, 5.41) is 6.72. The first-order valence-corrected chi connectivity index (χ1v) is 15.3. The highest BCUT2D eigenvalue weighted by molar-refractivity contribution is 6.33. The Balaban J connectivity index is 1.03. The minimum atomic E-state index is -0.195. The number of amides is 2. The molecule has 2 fully saturated rings. The van der Waals surface area contributed by atoms with Crippen molar-refractivity contribution in [3.63, 3.8) is 0 Å². The van der Waals surface area contributed by atoms with Crippen molar-refractivity contribution in [1.29, 1.82) is 0 Å². The summed E-state index contributed by atoms with van der Waals surface area (Å²) < 4.78 is 5.43. The fourth-order valence-corrected chi connectivity index (χ4v) is 5.88. The number of hydrogen-bond acceptors (Lipinski definition) is 9. The van der Waals surface area contributed by atoms with Gasteiger partial charge in [-0.05, 0) is 43.7 Å². The second kappa shape index (κ2) is 13.2. The lowest BCUT2D eigenvalue weighted by molar-refractivity contribution is -0.121. The van der Waals surface area contributed by atoms with E-state index >= 15 is 0 Å². The minimum absolute atomic E-state index is 0.00888. The molecule has 1 aromatic carbocycles. The van der Waals surface area contributed by atoms with Gasteiger partial charge in [-0.15, -0.1) is 0 Å². The lowest BCUT2D eigenvalue weighted by Gasteiger charge is -2.33. The maximum atomic E-state index is 13.3. The van der Waals surface area contributed by atoms with Crippen molar-refractivity contribution in [2.24, 2.45) is 0 Å². The van der Waals surface area contributed by atoms with Gasteiger partial charge in [0, 0.05) is 81.8 Å². The van der Waals surface area contributed by atoms with Gasteiger partial charge in [0.05, 0.1) is 16.9 Å². The number of nitrogens with zero attached hydrogens (tertiary/aromatic N) is 6. The molecule has 2 aromatic heterocycles. The molecular weight excluding hydrogens is 568 g/mol. The second-order valence-corrected chi connectivity index (χ2v) is 11.7. The number of hydrogen-bond donors (Lipinski definition) is 2. The summed E-state index contributed by atoms with van der Waals surface area (Å²) in [4.78, 5) is 46.0. The van der Waals surface area contributed by atoms with Crippen LogP contribution >= 0.6 is 11.6 Å². The number of carbonyl (C=O) groups is 2. The van der Waals surface area contributed by atoms with Crippen LogP contribution in [0.2, 0.25) is 5.02 Å². The molecule has 0 bridgehead atoms. The van der Waals surface area contributed by atoms with E-state index in [1.807, 2.05) is 30.3 Å². The first-order chi connectivity index (χ1) is 20.9. The number of likely N-dealkylation sites (N-methyl/N-ethyl adjacent to an activating group) is 1. The average Bonchev–Trinajstić information content (AvgIpc) is 3.33. The Kier molecular flexibility index (Phi) is 9.01. The predicted molar refractivity (Wildman–Crippen MR) is 165 cm³/mol. The molecule has 43 heavy (non-hydrogen) atoms. The molecule has 3 aliphatic heterocycles. The number of carbonyl (C=O) groups excluding carboxylic acids is 2. The van der Waals surface area contributed by atoms with E-state index in [9.17, 15) is 9.59 Å². The van der Waals surface area contributed by atoms with Crippen molar-refractivity contribution < 1.29 is 14.3 Å². The van der Waals surface area contributed by atoms with Crippen LogP contribution in [0.1, 0.15) is 34.5 Å². The number of aromatic nitrogens is 3. The van der Waals surface area contributed by atoms with Gasteiger partial charge in [-0.2, -0.15) is 0 Å². The van der Waals surface area contributed by atoms with Crippen LogP contribution in [0, 0.1) is 0 Å². The lowest BCUT2D eigenvalue weighted by atomic mass is 10.0. The topological polar surface area (TPSA) is 116 Å². The Hall–Kier alpha value is -3.80. The first-order valence-electron chi connectivity index (χ1n) is 14.9. The van der Waals surface area contributed by atoms with Crippen LogP contribution in [0.5, 0.6) is 0 Å². The third-order valence-electron chi connectivity index (χ3n) is 8.22. The molecular formula is C31H37ClN8O3. The predicted octanol–water partition coefficient (Wildman–Crippen LogP) is 2.85. The van der Waals surface area contributed by atoms with Gasteiger partial charge in [-0.3, -0.25) is 9.59 Å². The zero-order chi connectivity index (χ0) is 29.8. The zero-order valence-electron chi connectivity index (χ0n) is 24.4. The van der Waals surface area contributed by atoms with Crippen molar-refractivity contribution in [1.82, 2.24) is 30.1 Å². The van der Waals surface area contributed by atoms with Crippen molar-refractivity contribution in [2.45, 2.75) is 31.8 Å². The Morgan fingerprint density at radius 3 is 2.72 bits per heavy atom. The number of pyridine rings is 1. The van der Waals surface area contributed by atoms with Crippen molar-refractivity contribution in [3.8, 4) is 11.3 Å². The average molecular weight is 605 g/mol. The molecule has 0 saturated carbocycles. The molecule has 0 unspecified atom stereocenters. The molecule has 226 valence electrons. The summed E-state index contributed by atoms with van der Waals surface area (Å²) in [5.74, 6) is 1.10. The van der Waals surface area contributed by atoms with Crippen LogP contribution in [-0.2, 0) is 22.5 Å². The van der Waals surface area contributed by atoms with Crippen LogP contribution in [0.4, 0.5) is 11.8 Å². The van der Waals surface area contributed by atoms with Crippen LogP contribution in [0.15, 0.2) is 42.6 Å². The molecule has 11 nitrogen and oxygen atoms in total. The molecule has 0 radical (unpaired) electrons. The highest BCUT2D eigenvalue weighted by Gasteiger charge is 2.29. The van der Waals surface area contributed by atoms with E-state index in [-0.39, 0.29) is 24.4 Å². The van der Waals surface area contributed by atoms with Crippen LogP contribution in [0.25, 0.3) is 11.3 Å². The van der Waals surface area contributed by atoms with E-state index in [2.05, 4.69) is 37.4 Å². The molecule has 0 atom stereocenters. The Bertz CT molecular complexity index is 1470. The van der Waals surface area contributed by atoms with Gasteiger partial charge in [0.25, 0.3) is 5.91 Å². The SMILES string of the molecule is CN1CCN(c2cccc(CCNC(=O)CN3Cc4ccc(-c5nc(NC6CCOCC6)ncc5Cl)cc4C3=O)n2)CC1. The molecule has 2 N–H and O–H groups in total. The summed E-state index contributed by atoms with van der Waals surface area (Å²) in [6.07, 6.45) is 3.98. The number of ether oxygens (including phenoxy) is 1. The molecule has 5 heterocycles. The second-order valence-electron chi connectivity index (χ2n) is 11.3. The van der Waals surface area contributed by atoms with Gasteiger partial charge in [-0.25, -0.2) is 15.0 Å². The lowest BCUT2D eigenvalue weighted by Crippen LogP contribution is -2.44. The number of fused-ring (bicyclic) bond motifs is 1. The maximum absolute atomic E-state index is 13.3. The normalized spacial score (nSPS) is 17.7. The number of anilines is 2. The molecule has 2 saturated heterocycles. The van der Waals surface area contributed by atoms with Crippen molar-refractivity contribution >= 4 is 35.2 Å². The van der Waals surface area contributed by atoms with Crippen molar-refractivity contribution in [3.05, 3.63) is 64.4 Å². The van der Waals surface area contributed by atoms with Gasteiger partial charge in [0.2, 0.25) is 11.9 Å². The van der Waals surface area contributed by atoms with E-state index in [1.165, 1.54) is 0 Å².